The Morgan fingerprint density at radius 1 is 1.22 bits per heavy atom. The van der Waals surface area contributed by atoms with Crippen LogP contribution in [0.15, 0.2) is 0 Å². The minimum Gasteiger partial charge on any atom is -0.467 e. The summed E-state index contributed by atoms with van der Waals surface area (Å²) in [5.41, 5.74) is 6.39. The Balaban J connectivity index is 0.00000192. The van der Waals surface area contributed by atoms with Crippen LogP contribution in [0.3, 0.4) is 0 Å². The molecule has 3 aliphatic rings. The van der Waals surface area contributed by atoms with Crippen LogP contribution in [-0.2, 0) is 14.3 Å². The van der Waals surface area contributed by atoms with Gasteiger partial charge in [-0.1, -0.05) is 33.1 Å². The van der Waals surface area contributed by atoms with Crippen LogP contribution in [0, 0.1) is 23.2 Å². The molecule has 1 aliphatic heterocycles. The van der Waals surface area contributed by atoms with Crippen molar-refractivity contribution in [2.24, 2.45) is 28.9 Å². The van der Waals surface area contributed by atoms with Gasteiger partial charge in [-0.05, 0) is 30.1 Å². The highest BCUT2D eigenvalue weighted by molar-refractivity contribution is 5.89. The van der Waals surface area contributed by atoms with Gasteiger partial charge in [0.15, 0.2) is 0 Å². The Morgan fingerprint density at radius 3 is 2.39 bits per heavy atom. The molecule has 0 radical (unpaired) electrons. The lowest BCUT2D eigenvalue weighted by Crippen LogP contribution is -2.54. The molecule has 0 spiro atoms. The van der Waals surface area contributed by atoms with Crippen LogP contribution in [0.4, 0.5) is 0 Å². The average molecular weight is 345 g/mol. The number of ether oxygens (including phenoxy) is 1. The topological polar surface area (TPSA) is 72.6 Å². The van der Waals surface area contributed by atoms with E-state index in [1.165, 1.54) is 13.5 Å². The Kier molecular flexibility index (Phi) is 5.31. The van der Waals surface area contributed by atoms with Crippen molar-refractivity contribution in [1.82, 2.24) is 4.90 Å². The number of esters is 1. The monoisotopic (exact) mass is 344 g/mol. The van der Waals surface area contributed by atoms with E-state index in [-0.39, 0.29) is 41.5 Å². The van der Waals surface area contributed by atoms with Gasteiger partial charge in [-0.2, -0.15) is 0 Å². The highest BCUT2D eigenvalue weighted by atomic mass is 35.5. The normalized spacial score (nSPS) is 33.4. The van der Waals surface area contributed by atoms with Gasteiger partial charge in [0.05, 0.1) is 13.2 Å². The van der Waals surface area contributed by atoms with Gasteiger partial charge in [0.2, 0.25) is 5.91 Å². The molecule has 0 bridgehead atoms. The number of nitrogens with two attached hydrogens (primary N) is 1. The molecule has 132 valence electrons. The van der Waals surface area contributed by atoms with Crippen LogP contribution in [-0.4, -0.2) is 42.5 Å². The molecule has 0 aromatic rings. The number of likely N-dealkylation sites (tertiary alicyclic amines) is 1. The lowest BCUT2D eigenvalue weighted by atomic mass is 9.83. The molecule has 3 fully saturated rings. The molecule has 1 saturated heterocycles. The van der Waals surface area contributed by atoms with Crippen molar-refractivity contribution in [3.8, 4) is 0 Å². The quantitative estimate of drug-likeness (QED) is 0.794. The van der Waals surface area contributed by atoms with E-state index in [0.717, 1.165) is 25.7 Å². The molecular weight excluding hydrogens is 316 g/mol. The summed E-state index contributed by atoms with van der Waals surface area (Å²) < 4.78 is 4.96. The minimum absolute atomic E-state index is 0. The van der Waals surface area contributed by atoms with Crippen molar-refractivity contribution < 1.29 is 14.3 Å². The summed E-state index contributed by atoms with van der Waals surface area (Å²) in [6.45, 7) is 4.99. The second-order valence-electron chi connectivity index (χ2n) is 7.84. The van der Waals surface area contributed by atoms with E-state index < -0.39 is 12.1 Å². The number of carbonyl (C=O) groups excluding carboxylic acids is 2. The fourth-order valence-corrected chi connectivity index (χ4v) is 4.79. The summed E-state index contributed by atoms with van der Waals surface area (Å²) in [6, 6.07) is -0.903. The molecule has 23 heavy (non-hydrogen) atoms. The molecule has 0 aromatic heterocycles. The fraction of sp³-hybridized carbons (Fsp3) is 0.882. The average Bonchev–Trinajstić information content (AvgIpc) is 2.90. The number of hydrogen-bond donors (Lipinski definition) is 1. The standard InChI is InChI=1S/C17H28N2O3.ClH/c1-17(2)11-9-19(14(12(11)17)16(21)22-3)15(20)13(18)10-7-5-4-6-8-10;/h10-14H,4-9,18H2,1-3H3;1H/t11-,12-,13-,14-;/m0./s1. The maximum atomic E-state index is 12.8. The predicted octanol–water partition coefficient (Wildman–Crippen LogP) is 1.97. The highest BCUT2D eigenvalue weighted by Crippen LogP contribution is 2.65. The third kappa shape index (κ3) is 2.98. The molecule has 2 aliphatic carbocycles. The Hall–Kier alpha value is -0.810. The van der Waals surface area contributed by atoms with E-state index in [1.807, 2.05) is 0 Å². The first-order valence-corrected chi connectivity index (χ1v) is 8.53. The molecule has 2 saturated carbocycles. The van der Waals surface area contributed by atoms with Gasteiger partial charge in [0.25, 0.3) is 0 Å². The number of carbonyl (C=O) groups is 2. The maximum Gasteiger partial charge on any atom is 0.328 e. The summed E-state index contributed by atoms with van der Waals surface area (Å²) >= 11 is 0. The third-order valence-electron chi connectivity index (χ3n) is 6.38. The fourth-order valence-electron chi connectivity index (χ4n) is 4.79. The highest BCUT2D eigenvalue weighted by Gasteiger charge is 2.70. The van der Waals surface area contributed by atoms with Crippen LogP contribution in [0.2, 0.25) is 0 Å². The van der Waals surface area contributed by atoms with Crippen LogP contribution >= 0.6 is 12.4 Å². The first kappa shape index (κ1) is 18.5. The summed E-state index contributed by atoms with van der Waals surface area (Å²) in [4.78, 5) is 26.8. The van der Waals surface area contributed by atoms with Gasteiger partial charge in [-0.15, -0.1) is 12.4 Å². The number of nitrogens with zero attached hydrogens (tertiary/aromatic N) is 1. The van der Waals surface area contributed by atoms with E-state index in [2.05, 4.69) is 13.8 Å². The smallest absolute Gasteiger partial charge is 0.328 e. The number of fused-ring (bicyclic) bond motifs is 1. The second-order valence-corrected chi connectivity index (χ2v) is 7.84. The van der Waals surface area contributed by atoms with Crippen molar-refractivity contribution in [3.05, 3.63) is 0 Å². The number of rotatable bonds is 3. The van der Waals surface area contributed by atoms with Crippen LogP contribution in [0.5, 0.6) is 0 Å². The Labute approximate surface area is 144 Å². The van der Waals surface area contributed by atoms with E-state index >= 15 is 0 Å². The molecular formula is C17H29ClN2O3. The molecule has 0 unspecified atom stereocenters. The largest absolute Gasteiger partial charge is 0.467 e. The van der Waals surface area contributed by atoms with Crippen LogP contribution in [0.25, 0.3) is 0 Å². The predicted molar refractivity (Wildman–Crippen MR) is 90.1 cm³/mol. The van der Waals surface area contributed by atoms with Crippen molar-refractivity contribution in [3.63, 3.8) is 0 Å². The summed E-state index contributed by atoms with van der Waals surface area (Å²) in [6.07, 6.45) is 5.61. The molecule has 5 nitrogen and oxygen atoms in total. The van der Waals surface area contributed by atoms with E-state index in [4.69, 9.17) is 10.5 Å². The first-order chi connectivity index (χ1) is 10.4. The molecule has 2 N–H and O–H groups in total. The summed E-state index contributed by atoms with van der Waals surface area (Å²) in [5.74, 6) is 0.554. The van der Waals surface area contributed by atoms with Crippen LogP contribution < -0.4 is 5.73 Å². The molecule has 6 heteroatoms. The zero-order valence-corrected chi connectivity index (χ0v) is 15.1. The molecule has 1 heterocycles. The summed E-state index contributed by atoms with van der Waals surface area (Å²) in [5, 5.41) is 0. The van der Waals surface area contributed by atoms with Crippen LogP contribution in [0.1, 0.15) is 46.0 Å². The second kappa shape index (κ2) is 6.60. The maximum absolute atomic E-state index is 12.8. The molecule has 0 aromatic carbocycles. The van der Waals surface area contributed by atoms with Crippen molar-refractivity contribution in [1.29, 1.82) is 0 Å². The number of methoxy groups -OCH3 is 1. The van der Waals surface area contributed by atoms with Gasteiger partial charge in [-0.3, -0.25) is 4.79 Å². The van der Waals surface area contributed by atoms with Gasteiger partial charge in [0, 0.05) is 12.5 Å². The first-order valence-electron chi connectivity index (χ1n) is 8.53. The molecule has 3 rings (SSSR count). The summed E-state index contributed by atoms with van der Waals surface area (Å²) in [7, 11) is 1.40. The lowest BCUT2D eigenvalue weighted by Gasteiger charge is -2.34. The number of amides is 1. The minimum atomic E-state index is -0.465. The molecule has 4 atom stereocenters. The van der Waals surface area contributed by atoms with Crippen molar-refractivity contribution in [2.45, 2.75) is 58.0 Å². The Morgan fingerprint density at radius 2 is 1.83 bits per heavy atom. The van der Waals surface area contributed by atoms with E-state index in [1.54, 1.807) is 4.90 Å². The lowest BCUT2D eigenvalue weighted by molar-refractivity contribution is -0.154. The van der Waals surface area contributed by atoms with Gasteiger partial charge < -0.3 is 15.4 Å². The zero-order valence-electron chi connectivity index (χ0n) is 14.3. The van der Waals surface area contributed by atoms with E-state index in [9.17, 15) is 9.59 Å². The number of halogens is 1. The van der Waals surface area contributed by atoms with Gasteiger partial charge in [-0.25, -0.2) is 4.79 Å². The Bertz CT molecular complexity index is 476. The van der Waals surface area contributed by atoms with E-state index in [0.29, 0.717) is 12.5 Å². The SMILES string of the molecule is COC(=O)[C@@H]1[C@@H]2[C@H](CN1C(=O)[C@@H](N)C1CCCCC1)C2(C)C.Cl. The number of piperidine rings is 1. The van der Waals surface area contributed by atoms with Gasteiger partial charge in [0.1, 0.15) is 6.04 Å². The zero-order chi connectivity index (χ0) is 16.1. The third-order valence-corrected chi connectivity index (χ3v) is 6.38. The number of hydrogen-bond acceptors (Lipinski definition) is 4. The molecule has 1 amide bonds. The van der Waals surface area contributed by atoms with Crippen molar-refractivity contribution >= 4 is 24.3 Å². The van der Waals surface area contributed by atoms with Gasteiger partial charge >= 0.3 is 5.97 Å². The van der Waals surface area contributed by atoms with Crippen molar-refractivity contribution in [2.75, 3.05) is 13.7 Å².